The second-order valence-electron chi connectivity index (χ2n) is 8.41. The molecule has 220 valence electrons. The summed E-state index contributed by atoms with van der Waals surface area (Å²) in [6.45, 7) is 3.54. The van der Waals surface area contributed by atoms with E-state index >= 15 is 0 Å². The summed E-state index contributed by atoms with van der Waals surface area (Å²) >= 11 is 0. The fourth-order valence-electron chi connectivity index (χ4n) is 4.14. The number of amides is 2. The topological polar surface area (TPSA) is 208 Å². The predicted octanol–water partition coefficient (Wildman–Crippen LogP) is -1.05. The van der Waals surface area contributed by atoms with Gasteiger partial charge in [-0.15, -0.1) is 0 Å². The minimum Gasteiger partial charge on any atom is -0.480 e. The molecule has 0 aromatic rings. The fourth-order valence-corrected chi connectivity index (χ4v) is 4.14. The third-order valence-electron chi connectivity index (χ3n) is 5.48. The number of ether oxygens (including phenoxy) is 7. The van der Waals surface area contributed by atoms with E-state index in [4.69, 9.17) is 33.2 Å². The second-order valence-corrected chi connectivity index (χ2v) is 8.41. The highest BCUT2D eigenvalue weighted by molar-refractivity contribution is 5.93. The van der Waals surface area contributed by atoms with Gasteiger partial charge in [-0.1, -0.05) is 0 Å². The number of hydrogen-bond acceptors (Lipinski definition) is 14. The maximum absolute atomic E-state index is 13.0. The number of methoxy groups -OCH3 is 2. The van der Waals surface area contributed by atoms with Crippen LogP contribution in [0.15, 0.2) is 0 Å². The van der Waals surface area contributed by atoms with Gasteiger partial charge in [-0.3, -0.25) is 28.9 Å². The molecule has 1 fully saturated rings. The minimum absolute atomic E-state index is 0.532. The maximum atomic E-state index is 13.0. The Morgan fingerprint density at radius 3 is 1.95 bits per heavy atom. The van der Waals surface area contributed by atoms with E-state index in [0.29, 0.717) is 4.90 Å². The van der Waals surface area contributed by atoms with Crippen LogP contribution >= 0.6 is 0 Å². The molecule has 0 aliphatic carbocycles. The molecule has 1 rings (SSSR count). The van der Waals surface area contributed by atoms with E-state index in [9.17, 15) is 38.7 Å². The lowest BCUT2D eigenvalue weighted by Gasteiger charge is -2.50. The van der Waals surface area contributed by atoms with Gasteiger partial charge < -0.3 is 38.3 Å². The first-order valence-corrected chi connectivity index (χ1v) is 11.5. The maximum Gasteiger partial charge on any atom is 0.366 e. The van der Waals surface area contributed by atoms with Crippen LogP contribution in [0.2, 0.25) is 0 Å². The largest absolute Gasteiger partial charge is 0.480 e. The summed E-state index contributed by atoms with van der Waals surface area (Å²) in [6.07, 6.45) is -7.09. The molecule has 0 aromatic heterocycles. The van der Waals surface area contributed by atoms with E-state index < -0.39 is 97.5 Å². The lowest BCUT2D eigenvalue weighted by atomic mass is 9.86. The number of imide groups is 1. The van der Waals surface area contributed by atoms with Crippen molar-refractivity contribution >= 4 is 41.7 Å². The van der Waals surface area contributed by atoms with Crippen LogP contribution in [0.4, 0.5) is 0 Å². The van der Waals surface area contributed by atoms with Crippen molar-refractivity contribution < 1.29 is 71.8 Å². The molecule has 1 saturated heterocycles. The highest BCUT2D eigenvalue weighted by Crippen LogP contribution is 2.39. The molecule has 1 aliphatic heterocycles. The molecule has 39 heavy (non-hydrogen) atoms. The van der Waals surface area contributed by atoms with Gasteiger partial charge in [-0.2, -0.15) is 0 Å². The average Bonchev–Trinajstić information content (AvgIpc) is 2.81. The molecule has 0 aromatic carbocycles. The molecule has 1 aliphatic rings. The number of rotatable bonds is 12. The number of carbonyl (C=O) groups excluding carboxylic acids is 6. The summed E-state index contributed by atoms with van der Waals surface area (Å²) in [5.74, 6) is -9.63. The van der Waals surface area contributed by atoms with Crippen LogP contribution in [-0.2, 0) is 66.7 Å². The van der Waals surface area contributed by atoms with Crippen LogP contribution < -0.4 is 0 Å². The van der Waals surface area contributed by atoms with Gasteiger partial charge in [0.05, 0.1) is 13.5 Å². The Morgan fingerprint density at radius 2 is 1.54 bits per heavy atom. The Hall–Kier alpha value is -3.63. The van der Waals surface area contributed by atoms with Crippen molar-refractivity contribution in [2.75, 3.05) is 27.4 Å². The van der Waals surface area contributed by atoms with Gasteiger partial charge in [0.1, 0.15) is 37.6 Å². The number of hydrogen-bond donors (Lipinski definition) is 1. The smallest absolute Gasteiger partial charge is 0.366 e. The summed E-state index contributed by atoms with van der Waals surface area (Å²) in [5.41, 5.74) is 0. The molecular formula is C23H33NO15. The Kier molecular flexibility index (Phi) is 12.4. The summed E-state index contributed by atoms with van der Waals surface area (Å²) < 4.78 is 37.1. The molecular weight excluding hydrogens is 530 g/mol. The van der Waals surface area contributed by atoms with Crippen LogP contribution in [0.5, 0.6) is 0 Å². The third-order valence-corrected chi connectivity index (χ3v) is 5.48. The number of carbonyl (C=O) groups is 7. The first kappa shape index (κ1) is 33.4. The molecule has 0 unspecified atom stereocenters. The van der Waals surface area contributed by atoms with Gasteiger partial charge in [0.15, 0.2) is 6.10 Å². The van der Waals surface area contributed by atoms with Gasteiger partial charge in [0.25, 0.3) is 5.79 Å². The average molecular weight is 564 g/mol. The van der Waals surface area contributed by atoms with E-state index in [0.717, 1.165) is 48.8 Å². The summed E-state index contributed by atoms with van der Waals surface area (Å²) in [5, 5.41) is 9.20. The van der Waals surface area contributed by atoms with E-state index in [2.05, 4.69) is 0 Å². The SMILES string of the molecule is COC(=O)[C@@]1(OCC(=O)O)C[C@H](OC(C)=O)[C@@H](N(C(C)=O)C(C)=O)[C@H]([C@H](OC(C)=O)[C@@H](COC(C)=O)OC)O1. The standard InChI is InChI=1S/C23H33NO15/c1-11(25)24(12(2)26)19-16(37-14(4)28)8-23(22(32)34-7,36-10-18(30)31)39-21(19)20(38-15(5)29)17(33-6)9-35-13(3)27/h16-17,19-21H,8-10H2,1-7H3,(H,30,31)/t16-,17+,19+,20+,21+,23+/m0/s1. The van der Waals surface area contributed by atoms with Gasteiger partial charge >= 0.3 is 29.8 Å². The minimum atomic E-state index is -2.59. The van der Waals surface area contributed by atoms with Gasteiger partial charge in [0, 0.05) is 41.7 Å². The first-order valence-electron chi connectivity index (χ1n) is 11.5. The van der Waals surface area contributed by atoms with Crippen molar-refractivity contribution in [1.82, 2.24) is 4.90 Å². The van der Waals surface area contributed by atoms with Crippen LogP contribution in [0, 0.1) is 0 Å². The Balaban J connectivity index is 3.97. The predicted molar refractivity (Wildman–Crippen MR) is 123 cm³/mol. The molecule has 0 spiro atoms. The quantitative estimate of drug-likeness (QED) is 0.222. The Morgan fingerprint density at radius 1 is 0.949 bits per heavy atom. The van der Waals surface area contributed by atoms with Crippen molar-refractivity contribution in [3.8, 4) is 0 Å². The van der Waals surface area contributed by atoms with Crippen LogP contribution in [0.1, 0.15) is 41.0 Å². The number of esters is 4. The van der Waals surface area contributed by atoms with Crippen molar-refractivity contribution in [1.29, 1.82) is 0 Å². The molecule has 1 N–H and O–H groups in total. The van der Waals surface area contributed by atoms with Gasteiger partial charge in [0.2, 0.25) is 11.8 Å². The monoisotopic (exact) mass is 563 g/mol. The molecule has 0 bridgehead atoms. The second kappa shape index (κ2) is 14.5. The van der Waals surface area contributed by atoms with Crippen LogP contribution in [0.3, 0.4) is 0 Å². The zero-order chi connectivity index (χ0) is 30.1. The van der Waals surface area contributed by atoms with Gasteiger partial charge in [-0.05, 0) is 0 Å². The number of carboxylic acids is 1. The van der Waals surface area contributed by atoms with E-state index in [1.165, 1.54) is 0 Å². The number of carboxylic acid groups (broad SMARTS) is 1. The zero-order valence-corrected chi connectivity index (χ0v) is 22.6. The highest BCUT2D eigenvalue weighted by atomic mass is 16.7. The van der Waals surface area contributed by atoms with Crippen molar-refractivity contribution in [3.05, 3.63) is 0 Å². The van der Waals surface area contributed by atoms with E-state index in [-0.39, 0.29) is 0 Å². The first-order chi connectivity index (χ1) is 18.1. The van der Waals surface area contributed by atoms with Crippen molar-refractivity contribution in [3.63, 3.8) is 0 Å². The molecule has 0 saturated carbocycles. The number of nitrogens with zero attached hydrogens (tertiary/aromatic N) is 1. The third kappa shape index (κ3) is 8.97. The van der Waals surface area contributed by atoms with Crippen molar-refractivity contribution in [2.24, 2.45) is 0 Å². The van der Waals surface area contributed by atoms with E-state index in [1.54, 1.807) is 0 Å². The van der Waals surface area contributed by atoms with Gasteiger partial charge in [-0.25, -0.2) is 9.59 Å². The van der Waals surface area contributed by atoms with Crippen LogP contribution in [0.25, 0.3) is 0 Å². The molecule has 6 atom stereocenters. The Labute approximate surface area is 223 Å². The highest BCUT2D eigenvalue weighted by Gasteiger charge is 2.61. The summed E-state index contributed by atoms with van der Waals surface area (Å²) in [7, 11) is 2.10. The lowest BCUT2D eigenvalue weighted by Crippen LogP contribution is -2.70. The van der Waals surface area contributed by atoms with Crippen LogP contribution in [-0.4, -0.2) is 115 Å². The lowest BCUT2D eigenvalue weighted by molar-refractivity contribution is -0.319. The fraction of sp³-hybridized carbons (Fsp3) is 0.696. The number of aliphatic carboxylic acids is 1. The van der Waals surface area contributed by atoms with Crippen molar-refractivity contribution in [2.45, 2.75) is 77.3 Å². The molecule has 16 heteroatoms. The zero-order valence-electron chi connectivity index (χ0n) is 22.6. The molecule has 1 heterocycles. The molecule has 2 amide bonds. The summed E-state index contributed by atoms with van der Waals surface area (Å²) in [4.78, 5) is 85.9. The summed E-state index contributed by atoms with van der Waals surface area (Å²) in [6, 6.07) is -1.57. The molecule has 0 radical (unpaired) electrons. The Bertz CT molecular complexity index is 951. The van der Waals surface area contributed by atoms with E-state index in [1.807, 2.05) is 0 Å². The normalized spacial score (nSPS) is 23.9. The molecule has 16 nitrogen and oxygen atoms in total.